The molecule has 0 radical (unpaired) electrons. The van der Waals surface area contributed by atoms with Gasteiger partial charge in [-0.2, -0.15) is 0 Å². The van der Waals surface area contributed by atoms with Crippen molar-refractivity contribution in [3.05, 3.63) is 153 Å². The number of epoxide rings is 2. The Labute approximate surface area is 856 Å². The maximum atomic E-state index is 14.0. The van der Waals surface area contributed by atoms with Crippen molar-refractivity contribution in [2.45, 2.75) is 319 Å². The van der Waals surface area contributed by atoms with E-state index in [2.05, 4.69) is 37.2 Å². The number of urea groups is 1. The number of hydrogen-bond donors (Lipinski definition) is 8. The zero-order valence-corrected chi connectivity index (χ0v) is 88.3. The van der Waals surface area contributed by atoms with Crippen LogP contribution in [0, 0.1) is 58.2 Å². The molecule has 0 bridgehead atoms. The second kappa shape index (κ2) is 57.4. The number of ketones is 6. The molecule has 144 heavy (non-hydrogen) atoms. The van der Waals surface area contributed by atoms with Gasteiger partial charge in [0.2, 0.25) is 35.4 Å². The molecule has 0 aliphatic carbocycles. The Bertz CT molecular complexity index is 5190. The summed E-state index contributed by atoms with van der Waals surface area (Å²) in [4.78, 5) is 222. The second-order valence-electron chi connectivity index (χ2n) is 41.1. The number of Topliss-reactive ketones (excluding diaryl/α,β-unsaturated/α-hetero) is 6. The number of nitrogens with one attached hydrogen (secondary N) is 7. The molecule has 2 saturated heterocycles. The molecule has 790 valence electrons. The lowest BCUT2D eigenvalue weighted by atomic mass is 9.88. The Kier molecular flexibility index (Phi) is 47.6. The first-order chi connectivity index (χ1) is 67.9. The molecule has 9 N–H and O–H groups in total. The number of cyclic esters (lactones) is 4. The van der Waals surface area contributed by atoms with Crippen molar-refractivity contribution in [2.75, 3.05) is 33.9 Å². The molecule has 4 aromatic carbocycles. The predicted octanol–water partition coefficient (Wildman–Crippen LogP) is 13.7. The first-order valence-electron chi connectivity index (χ1n) is 50.1. The zero-order chi connectivity index (χ0) is 107. The van der Waals surface area contributed by atoms with E-state index < -0.39 is 143 Å². The van der Waals surface area contributed by atoms with Crippen molar-refractivity contribution in [1.82, 2.24) is 37.2 Å². The first kappa shape index (κ1) is 119. The average molecular weight is 2040 g/mol. The van der Waals surface area contributed by atoms with Crippen molar-refractivity contribution in [2.24, 2.45) is 63.9 Å². The number of halogens is 2. The lowest BCUT2D eigenvalue weighted by Crippen LogP contribution is -2.51. The minimum atomic E-state index is -1.28. The third-order valence-electron chi connectivity index (χ3n) is 26.2. The fourth-order valence-electron chi connectivity index (χ4n) is 16.9. The van der Waals surface area contributed by atoms with Gasteiger partial charge in [0.25, 0.3) is 0 Å². The van der Waals surface area contributed by atoms with Crippen LogP contribution in [0.25, 0.3) is 0 Å². The van der Waals surface area contributed by atoms with Crippen molar-refractivity contribution in [3.8, 4) is 11.5 Å². The number of carbonyl (C=O) groups excluding carboxylic acids is 17. The standard InChI is InChI=1S/C56H78ClN5O13.C53H72ClN3O12/c1-32(2)27-47-53(69)73-45(16-11-17-48(66)61-43(29-37-21-25-46(72-9)41(57)28-37)52(68)60-31-56(7,8)54(70)74-47)35(6)49-50(75-49)38-22-18-36(19-23-38)20-24-44(65)42(15-12-26-59-55(58)71)62-51(67)40(33(3)4)30-39(64)14-10-13-34(5)63;1-30(2)25-45-51(64)67-43(15-12-16-46(61)57-41(27-36-20-24-44(66-10)40(54)26-36)50(63)55-29-53(8,9)52(65)68-45)33(6)47-48(69-47)37-21-17-35(18-22-37)19-23-42(60)34(7)56-49(62)39(31(3)4)28-38(59)14-11-13-32(5)58/h11,17-19,21-23,25,28,32-33,35,40,42-43,45,47,49-50H,10,12-16,20,24,26-27,29-31H2,1-9H3,(H,60,68)(H,61,66)(H,62,67)(H3,58,59,71);12,16-18,20-22,24,26,30-31,33-34,39,41,43,45,47-48H,11,13-15,19,23,25,27-29H2,1-10H3,(H,55,63)(H,56,62)(H,57,61)/b17-11+;16-12+/t35-,40-,42-,43+,45-,47-,49+,50+;33-,34-,39-,41+,43-,45-,47+,48+/m00/s1. The normalized spacial score (nSPS) is 22.3. The van der Waals surface area contributed by atoms with E-state index >= 15 is 0 Å². The van der Waals surface area contributed by atoms with E-state index in [9.17, 15) is 81.5 Å². The first-order valence-corrected chi connectivity index (χ1v) is 50.8. The summed E-state index contributed by atoms with van der Waals surface area (Å²) in [6.45, 7) is 29.6. The number of benzene rings is 4. The molecule has 2 fully saturated rings. The summed E-state index contributed by atoms with van der Waals surface area (Å²) in [5.41, 5.74) is 7.48. The highest BCUT2D eigenvalue weighted by atomic mass is 35.5. The van der Waals surface area contributed by atoms with Crippen molar-refractivity contribution in [1.29, 1.82) is 0 Å². The Balaban J connectivity index is 0.000000392. The van der Waals surface area contributed by atoms with Gasteiger partial charge in [-0.1, -0.05) is 165 Å². The van der Waals surface area contributed by atoms with Crippen LogP contribution in [0.4, 0.5) is 4.79 Å². The number of hydrogen-bond acceptors (Lipinski definition) is 25. The molecule has 0 saturated carbocycles. The molecule has 4 heterocycles. The van der Waals surface area contributed by atoms with Crippen LogP contribution in [-0.4, -0.2) is 195 Å². The summed E-state index contributed by atoms with van der Waals surface area (Å²) in [6.07, 6.45) is 4.48. The topological polar surface area (TPSA) is 481 Å². The Morgan fingerprint density at radius 3 is 1.23 bits per heavy atom. The van der Waals surface area contributed by atoms with Crippen LogP contribution >= 0.6 is 23.2 Å². The minimum Gasteiger partial charge on any atom is -0.495 e. The van der Waals surface area contributed by atoms with Crippen molar-refractivity contribution < 1.29 is 119 Å². The van der Waals surface area contributed by atoms with Gasteiger partial charge in [0.1, 0.15) is 71.1 Å². The van der Waals surface area contributed by atoms with Gasteiger partial charge in [0.15, 0.2) is 23.8 Å². The van der Waals surface area contributed by atoms with Crippen molar-refractivity contribution in [3.63, 3.8) is 0 Å². The summed E-state index contributed by atoms with van der Waals surface area (Å²) in [5.74, 6) is -7.97. The summed E-state index contributed by atoms with van der Waals surface area (Å²) >= 11 is 12.7. The number of rotatable bonds is 46. The van der Waals surface area contributed by atoms with Gasteiger partial charge in [-0.15, -0.1) is 0 Å². The van der Waals surface area contributed by atoms with Gasteiger partial charge in [-0.3, -0.25) is 57.5 Å². The van der Waals surface area contributed by atoms with E-state index in [-0.39, 0.29) is 198 Å². The van der Waals surface area contributed by atoms with Crippen LogP contribution in [0.15, 0.2) is 109 Å². The fourth-order valence-corrected chi connectivity index (χ4v) is 17.4. The van der Waals surface area contributed by atoms with Crippen LogP contribution in [-0.2, 0) is 131 Å². The van der Waals surface area contributed by atoms with E-state index in [0.29, 0.717) is 71.2 Å². The Hall–Kier alpha value is -11.6. The second-order valence-corrected chi connectivity index (χ2v) is 42.0. The Morgan fingerprint density at radius 2 is 0.868 bits per heavy atom. The third kappa shape index (κ3) is 39.4. The fraction of sp³-hybridized carbons (Fsp3) is 0.587. The molecule has 8 amide bonds. The minimum absolute atomic E-state index is 0.00887. The molecule has 0 spiro atoms. The van der Waals surface area contributed by atoms with Crippen LogP contribution in [0.2, 0.25) is 10.0 Å². The third-order valence-corrected chi connectivity index (χ3v) is 26.7. The molecule has 33 nitrogen and oxygen atoms in total. The maximum absolute atomic E-state index is 14.0. The van der Waals surface area contributed by atoms with Crippen LogP contribution in [0.5, 0.6) is 11.5 Å². The summed E-state index contributed by atoms with van der Waals surface area (Å²) in [6, 6.07) is 20.9. The average Bonchev–Trinajstić information content (AvgIpc) is 1.63. The molecule has 16 atom stereocenters. The van der Waals surface area contributed by atoms with E-state index in [4.69, 9.17) is 66.8 Å². The molecule has 4 aliphatic rings. The highest BCUT2D eigenvalue weighted by molar-refractivity contribution is 6.32. The maximum Gasteiger partial charge on any atom is 0.347 e. The van der Waals surface area contributed by atoms with Gasteiger partial charge in [0.05, 0.1) is 59.4 Å². The van der Waals surface area contributed by atoms with Crippen LogP contribution < -0.4 is 52.4 Å². The lowest BCUT2D eigenvalue weighted by Gasteiger charge is -2.29. The predicted molar refractivity (Wildman–Crippen MR) is 541 cm³/mol. The highest BCUT2D eigenvalue weighted by Gasteiger charge is 2.50. The summed E-state index contributed by atoms with van der Waals surface area (Å²) < 4.78 is 46.9. The number of carbonyl (C=O) groups is 17. The molecular weight excluding hydrogens is 1890 g/mol. The summed E-state index contributed by atoms with van der Waals surface area (Å²) in [5, 5.41) is 19.9. The van der Waals surface area contributed by atoms with Gasteiger partial charge in [-0.05, 0) is 193 Å². The number of amides is 8. The zero-order valence-electron chi connectivity index (χ0n) is 86.7. The molecule has 35 heteroatoms. The monoisotopic (exact) mass is 2040 g/mol. The molecular formula is C109H150Cl2N8O25. The van der Waals surface area contributed by atoms with Gasteiger partial charge < -0.3 is 90.4 Å². The van der Waals surface area contributed by atoms with Gasteiger partial charge in [-0.25, -0.2) is 14.4 Å². The van der Waals surface area contributed by atoms with E-state index in [1.807, 2.05) is 118 Å². The number of ether oxygens (including phenoxy) is 8. The van der Waals surface area contributed by atoms with E-state index in [1.165, 1.54) is 40.2 Å². The molecule has 8 rings (SSSR count). The van der Waals surface area contributed by atoms with Crippen LogP contribution in [0.3, 0.4) is 0 Å². The number of nitrogens with two attached hydrogens (primary N) is 1. The SMILES string of the molecule is COc1ccc(C[C@H]2NC(=O)/C=C/C[C@@H]([C@H](C)[C@H]3O[C@@H]3c3ccc(CCC(=O)[C@H](C)NC(=O)[C@@H](CC(=O)CCCC(C)=O)C(C)C)cc3)OC(=O)[C@H](CC(C)C)OC(=O)C(C)(C)CNC2=O)cc1Cl.COc1ccc(C[C@H]2NC(=O)/C=C/C[C@@H]([C@H](C)[C@H]3O[C@@H]3c3ccc(CCC(=O)[C@H](CCCNC(N)=O)NC(=O)[C@@H](CC(=O)CCCC(C)=O)C(C)C)cc3)OC(=O)[C@H](CC(C)C)OC(=O)C(C)(C)CNC2=O)cc1Cl. The summed E-state index contributed by atoms with van der Waals surface area (Å²) in [7, 11) is 2.98. The Morgan fingerprint density at radius 1 is 0.486 bits per heavy atom. The quantitative estimate of drug-likeness (QED) is 0.00881. The molecule has 0 aromatic heterocycles. The highest BCUT2D eigenvalue weighted by Crippen LogP contribution is 2.47. The van der Waals surface area contributed by atoms with Crippen LogP contribution in [0.1, 0.15) is 266 Å². The molecule has 0 unspecified atom stereocenters. The smallest absolute Gasteiger partial charge is 0.347 e. The lowest BCUT2D eigenvalue weighted by molar-refractivity contribution is -0.179. The molecule has 4 aliphatic heterocycles. The van der Waals surface area contributed by atoms with Gasteiger partial charge >= 0.3 is 29.9 Å². The van der Waals surface area contributed by atoms with Crippen molar-refractivity contribution >= 4 is 123 Å². The van der Waals surface area contributed by atoms with Gasteiger partial charge in [0, 0.05) is 120 Å². The molecule has 4 aromatic rings. The van der Waals surface area contributed by atoms with E-state index in [0.717, 1.165) is 22.3 Å². The number of primary amides is 1. The number of methoxy groups -OCH3 is 2. The number of aryl methyl sites for hydroxylation is 2. The number of esters is 4. The largest absolute Gasteiger partial charge is 0.495 e. The van der Waals surface area contributed by atoms with E-state index in [1.54, 1.807) is 83.2 Å².